The van der Waals surface area contributed by atoms with Gasteiger partial charge in [0.2, 0.25) is 5.91 Å². The van der Waals surface area contributed by atoms with Gasteiger partial charge in [-0.15, -0.1) is 0 Å². The van der Waals surface area contributed by atoms with Gasteiger partial charge >= 0.3 is 6.18 Å². The number of carbonyl (C=O) groups is 1. The van der Waals surface area contributed by atoms with Crippen LogP contribution in [0.2, 0.25) is 0 Å². The van der Waals surface area contributed by atoms with Crippen molar-refractivity contribution in [3.8, 4) is 0 Å². The largest absolute Gasteiger partial charge is 0.405 e. The number of anilines is 2. The zero-order valence-electron chi connectivity index (χ0n) is 10.5. The number of benzene rings is 1. The van der Waals surface area contributed by atoms with E-state index in [0.717, 1.165) is 4.90 Å². The monoisotopic (exact) mass is 275 g/mol. The Morgan fingerprint density at radius 1 is 1.37 bits per heavy atom. The summed E-state index contributed by atoms with van der Waals surface area (Å²) in [5.74, 6) is -0.704. The van der Waals surface area contributed by atoms with Gasteiger partial charge in [0.25, 0.3) is 0 Å². The predicted molar refractivity (Wildman–Crippen MR) is 67.9 cm³/mol. The molecule has 0 aliphatic heterocycles. The van der Waals surface area contributed by atoms with E-state index in [2.05, 4.69) is 0 Å². The summed E-state index contributed by atoms with van der Waals surface area (Å²) in [5.41, 5.74) is 11.3. The Morgan fingerprint density at radius 2 is 2.00 bits per heavy atom. The fraction of sp³-hybridized carbons (Fsp3) is 0.417. The molecule has 0 bridgehead atoms. The maximum atomic E-state index is 12.5. The summed E-state index contributed by atoms with van der Waals surface area (Å²) in [6, 6.07) is 4.06. The number of amides is 1. The van der Waals surface area contributed by atoms with Crippen molar-refractivity contribution in [1.82, 2.24) is 0 Å². The van der Waals surface area contributed by atoms with Crippen molar-refractivity contribution in [2.75, 3.05) is 23.7 Å². The van der Waals surface area contributed by atoms with Crippen LogP contribution in [-0.4, -0.2) is 25.2 Å². The minimum Gasteiger partial charge on any atom is -0.397 e. The molecular weight excluding hydrogens is 259 g/mol. The Kier molecular flexibility index (Phi) is 4.63. The third-order valence-corrected chi connectivity index (χ3v) is 2.52. The molecular formula is C12H16F3N3O. The van der Waals surface area contributed by atoms with Crippen LogP contribution >= 0.6 is 0 Å². The SMILES string of the molecule is CCCN(CC(F)(F)F)c1cc(C(N)=O)ccc1N. The Hall–Kier alpha value is -1.92. The van der Waals surface area contributed by atoms with Gasteiger partial charge in [-0.05, 0) is 24.6 Å². The van der Waals surface area contributed by atoms with Crippen LogP contribution < -0.4 is 16.4 Å². The molecule has 0 aliphatic rings. The van der Waals surface area contributed by atoms with E-state index >= 15 is 0 Å². The first kappa shape index (κ1) is 15.1. The summed E-state index contributed by atoms with van der Waals surface area (Å²) in [6.45, 7) is 0.830. The van der Waals surface area contributed by atoms with E-state index in [1.54, 1.807) is 6.92 Å². The van der Waals surface area contributed by atoms with E-state index in [9.17, 15) is 18.0 Å². The number of carbonyl (C=O) groups excluding carboxylic acids is 1. The maximum Gasteiger partial charge on any atom is 0.405 e. The number of primary amides is 1. The van der Waals surface area contributed by atoms with Gasteiger partial charge in [-0.2, -0.15) is 13.2 Å². The average molecular weight is 275 g/mol. The second-order valence-electron chi connectivity index (χ2n) is 4.17. The highest BCUT2D eigenvalue weighted by molar-refractivity contribution is 5.95. The van der Waals surface area contributed by atoms with Crippen molar-refractivity contribution in [1.29, 1.82) is 0 Å². The lowest BCUT2D eigenvalue weighted by Gasteiger charge is -2.27. The fourth-order valence-corrected chi connectivity index (χ4v) is 1.74. The maximum absolute atomic E-state index is 12.5. The number of hydrogen-bond acceptors (Lipinski definition) is 3. The van der Waals surface area contributed by atoms with E-state index in [1.807, 2.05) is 0 Å². The summed E-state index contributed by atoms with van der Waals surface area (Å²) in [6.07, 6.45) is -3.82. The minimum absolute atomic E-state index is 0.132. The standard InChI is InChI=1S/C12H16F3N3O/c1-2-5-18(7-12(13,14)15)10-6-8(11(17)19)3-4-9(10)16/h3-4,6H,2,5,7,16H2,1H3,(H2,17,19). The second kappa shape index (κ2) is 5.81. The average Bonchev–Trinajstić information content (AvgIpc) is 2.27. The van der Waals surface area contributed by atoms with Crippen molar-refractivity contribution >= 4 is 17.3 Å². The van der Waals surface area contributed by atoms with Gasteiger partial charge in [-0.25, -0.2) is 0 Å². The van der Waals surface area contributed by atoms with Crippen LogP contribution in [0.15, 0.2) is 18.2 Å². The molecule has 4 nitrogen and oxygen atoms in total. The normalized spacial score (nSPS) is 11.4. The van der Waals surface area contributed by atoms with Crippen LogP contribution in [-0.2, 0) is 0 Å². The van der Waals surface area contributed by atoms with Crippen molar-refractivity contribution in [3.05, 3.63) is 23.8 Å². The van der Waals surface area contributed by atoms with Crippen molar-refractivity contribution in [3.63, 3.8) is 0 Å². The zero-order valence-corrected chi connectivity index (χ0v) is 10.5. The molecule has 0 fully saturated rings. The summed E-state index contributed by atoms with van der Waals surface area (Å²) < 4.78 is 37.6. The lowest BCUT2D eigenvalue weighted by Crippen LogP contribution is -2.35. The van der Waals surface area contributed by atoms with E-state index in [0.29, 0.717) is 6.42 Å². The summed E-state index contributed by atoms with van der Waals surface area (Å²) in [5, 5.41) is 0. The second-order valence-corrected chi connectivity index (χ2v) is 4.17. The molecule has 4 N–H and O–H groups in total. The number of rotatable bonds is 5. The molecule has 1 aromatic rings. The summed E-state index contributed by atoms with van der Waals surface area (Å²) >= 11 is 0. The number of nitrogens with two attached hydrogens (primary N) is 2. The Balaban J connectivity index is 3.13. The predicted octanol–water partition coefficient (Wildman–Crippen LogP) is 2.15. The summed E-state index contributed by atoms with van der Waals surface area (Å²) in [4.78, 5) is 12.2. The van der Waals surface area contributed by atoms with E-state index in [1.165, 1.54) is 18.2 Å². The molecule has 0 saturated carbocycles. The first-order valence-corrected chi connectivity index (χ1v) is 5.75. The van der Waals surface area contributed by atoms with Gasteiger partial charge in [0.05, 0.1) is 11.4 Å². The highest BCUT2D eigenvalue weighted by atomic mass is 19.4. The topological polar surface area (TPSA) is 72.3 Å². The molecule has 7 heteroatoms. The Labute approximate surface area is 109 Å². The smallest absolute Gasteiger partial charge is 0.397 e. The van der Waals surface area contributed by atoms with Crippen LogP contribution in [0, 0.1) is 0 Å². The van der Waals surface area contributed by atoms with Crippen molar-refractivity contribution in [2.45, 2.75) is 19.5 Å². The summed E-state index contributed by atoms with van der Waals surface area (Å²) in [7, 11) is 0. The number of nitrogen functional groups attached to an aromatic ring is 1. The van der Waals surface area contributed by atoms with Crippen LogP contribution in [0.25, 0.3) is 0 Å². The lowest BCUT2D eigenvalue weighted by molar-refractivity contribution is -0.119. The van der Waals surface area contributed by atoms with Gasteiger partial charge in [-0.1, -0.05) is 6.92 Å². The van der Waals surface area contributed by atoms with Crippen LogP contribution in [0.3, 0.4) is 0 Å². The third-order valence-electron chi connectivity index (χ3n) is 2.52. The highest BCUT2D eigenvalue weighted by Crippen LogP contribution is 2.28. The molecule has 1 aromatic carbocycles. The molecule has 0 radical (unpaired) electrons. The van der Waals surface area contributed by atoms with Crippen molar-refractivity contribution < 1.29 is 18.0 Å². The molecule has 0 aromatic heterocycles. The minimum atomic E-state index is -4.34. The Bertz CT molecular complexity index is 460. The first-order valence-electron chi connectivity index (χ1n) is 5.75. The van der Waals surface area contributed by atoms with Gasteiger partial charge in [-0.3, -0.25) is 4.79 Å². The molecule has 1 amide bonds. The van der Waals surface area contributed by atoms with Crippen LogP contribution in [0.5, 0.6) is 0 Å². The molecule has 0 atom stereocenters. The van der Waals surface area contributed by atoms with Gasteiger partial charge in [0, 0.05) is 12.1 Å². The van der Waals surface area contributed by atoms with Crippen LogP contribution in [0.4, 0.5) is 24.5 Å². The Morgan fingerprint density at radius 3 is 2.47 bits per heavy atom. The zero-order chi connectivity index (χ0) is 14.6. The highest BCUT2D eigenvalue weighted by Gasteiger charge is 2.31. The quantitative estimate of drug-likeness (QED) is 0.809. The molecule has 0 spiro atoms. The fourth-order valence-electron chi connectivity index (χ4n) is 1.74. The van der Waals surface area contributed by atoms with E-state index in [-0.39, 0.29) is 23.5 Å². The number of hydrogen-bond donors (Lipinski definition) is 2. The van der Waals surface area contributed by atoms with E-state index < -0.39 is 18.6 Å². The molecule has 0 saturated heterocycles. The van der Waals surface area contributed by atoms with Gasteiger partial charge in [0.15, 0.2) is 0 Å². The number of nitrogens with zero attached hydrogens (tertiary/aromatic N) is 1. The van der Waals surface area contributed by atoms with Crippen molar-refractivity contribution in [2.24, 2.45) is 5.73 Å². The molecule has 0 aliphatic carbocycles. The third kappa shape index (κ3) is 4.35. The molecule has 0 heterocycles. The first-order chi connectivity index (χ1) is 8.74. The van der Waals surface area contributed by atoms with Gasteiger partial charge < -0.3 is 16.4 Å². The number of alkyl halides is 3. The van der Waals surface area contributed by atoms with Gasteiger partial charge in [0.1, 0.15) is 6.54 Å². The molecule has 0 unspecified atom stereocenters. The number of halogens is 3. The molecule has 106 valence electrons. The molecule has 19 heavy (non-hydrogen) atoms. The van der Waals surface area contributed by atoms with E-state index in [4.69, 9.17) is 11.5 Å². The molecule has 1 rings (SSSR count). The lowest BCUT2D eigenvalue weighted by atomic mass is 10.1. The van der Waals surface area contributed by atoms with Crippen LogP contribution in [0.1, 0.15) is 23.7 Å².